The van der Waals surface area contributed by atoms with Crippen LogP contribution in [-0.4, -0.2) is 26.2 Å². The van der Waals surface area contributed by atoms with Gasteiger partial charge in [-0.05, 0) is 52.9 Å². The van der Waals surface area contributed by atoms with Crippen LogP contribution >= 0.6 is 22.6 Å². The number of nitrogens with zero attached hydrogens (tertiary/aromatic N) is 2. The Morgan fingerprint density at radius 3 is 2.43 bits per heavy atom. The summed E-state index contributed by atoms with van der Waals surface area (Å²) in [5.41, 5.74) is 5.14. The van der Waals surface area contributed by atoms with Crippen LogP contribution < -0.4 is 10.3 Å². The first kappa shape index (κ1) is 15.5. The summed E-state index contributed by atoms with van der Waals surface area (Å²) in [5, 5.41) is 4.00. The van der Waals surface area contributed by atoms with Gasteiger partial charge in [0.05, 0.1) is 6.21 Å². The Morgan fingerprint density at radius 1 is 1.14 bits per heavy atom. The Morgan fingerprint density at radius 2 is 1.81 bits per heavy atom. The van der Waals surface area contributed by atoms with Gasteiger partial charge in [-0.2, -0.15) is 5.10 Å². The molecule has 0 unspecified atom stereocenters. The number of benzene rings is 2. The van der Waals surface area contributed by atoms with Gasteiger partial charge in [-0.1, -0.05) is 18.2 Å². The van der Waals surface area contributed by atoms with Gasteiger partial charge in [-0.25, -0.2) is 5.43 Å². The molecule has 108 valence electrons. The minimum atomic E-state index is -0.220. The van der Waals surface area contributed by atoms with Crippen molar-refractivity contribution in [3.05, 3.63) is 63.2 Å². The molecule has 5 heteroatoms. The molecule has 0 spiro atoms. The lowest BCUT2D eigenvalue weighted by Gasteiger charge is -2.12. The van der Waals surface area contributed by atoms with E-state index in [1.807, 2.05) is 55.4 Å². The van der Waals surface area contributed by atoms with E-state index in [1.165, 1.54) is 0 Å². The molecular formula is C16H16IN3O. The lowest BCUT2D eigenvalue weighted by molar-refractivity contribution is 0.0955. The topological polar surface area (TPSA) is 44.7 Å². The molecule has 1 amide bonds. The summed E-state index contributed by atoms with van der Waals surface area (Å²) >= 11 is 2.23. The molecule has 4 nitrogen and oxygen atoms in total. The van der Waals surface area contributed by atoms with E-state index < -0.39 is 0 Å². The van der Waals surface area contributed by atoms with E-state index in [9.17, 15) is 4.79 Å². The molecule has 21 heavy (non-hydrogen) atoms. The fraction of sp³-hybridized carbons (Fsp3) is 0.125. The van der Waals surface area contributed by atoms with E-state index >= 15 is 0 Å². The minimum absolute atomic E-state index is 0.220. The molecule has 0 aliphatic heterocycles. The second kappa shape index (κ2) is 7.21. The maximum absolute atomic E-state index is 12.0. The van der Waals surface area contributed by atoms with Gasteiger partial charge in [0, 0.05) is 34.5 Å². The lowest BCUT2D eigenvalue weighted by Crippen LogP contribution is -2.18. The Balaban J connectivity index is 2.00. The predicted molar refractivity (Wildman–Crippen MR) is 95.0 cm³/mol. The van der Waals surface area contributed by atoms with Crippen LogP contribution in [0.2, 0.25) is 0 Å². The zero-order valence-electron chi connectivity index (χ0n) is 11.9. The number of hydrogen-bond donors (Lipinski definition) is 1. The van der Waals surface area contributed by atoms with Crippen LogP contribution in [-0.2, 0) is 0 Å². The maximum Gasteiger partial charge on any atom is 0.271 e. The second-order valence-electron chi connectivity index (χ2n) is 4.66. The van der Waals surface area contributed by atoms with Crippen molar-refractivity contribution in [2.24, 2.45) is 5.10 Å². The predicted octanol–water partition coefficient (Wildman–Crippen LogP) is 3.12. The number of hydrazone groups is 1. The Bertz CT molecular complexity index is 651. The molecule has 0 aromatic heterocycles. The normalized spacial score (nSPS) is 10.6. The number of rotatable bonds is 4. The largest absolute Gasteiger partial charge is 0.378 e. The van der Waals surface area contributed by atoms with Crippen molar-refractivity contribution in [3.63, 3.8) is 0 Å². The van der Waals surface area contributed by atoms with Gasteiger partial charge in [0.2, 0.25) is 0 Å². The first-order chi connectivity index (χ1) is 10.1. The molecule has 0 fully saturated rings. The van der Waals surface area contributed by atoms with E-state index in [-0.39, 0.29) is 5.91 Å². The summed E-state index contributed by atoms with van der Waals surface area (Å²) in [6.45, 7) is 0. The molecule has 0 saturated carbocycles. The van der Waals surface area contributed by atoms with Crippen molar-refractivity contribution in [1.29, 1.82) is 0 Å². The van der Waals surface area contributed by atoms with Gasteiger partial charge >= 0.3 is 0 Å². The Kier molecular flexibility index (Phi) is 5.32. The number of amides is 1. The average molecular weight is 393 g/mol. The van der Waals surface area contributed by atoms with E-state index in [2.05, 4.69) is 33.1 Å². The smallest absolute Gasteiger partial charge is 0.271 e. The average Bonchev–Trinajstić information content (AvgIpc) is 2.49. The van der Waals surface area contributed by atoms with Gasteiger partial charge in [0.15, 0.2) is 0 Å². The molecule has 2 rings (SSSR count). The minimum Gasteiger partial charge on any atom is -0.378 e. The Hall–Kier alpha value is -1.89. The highest BCUT2D eigenvalue weighted by molar-refractivity contribution is 14.1. The van der Waals surface area contributed by atoms with Gasteiger partial charge in [0.1, 0.15) is 0 Å². The monoisotopic (exact) mass is 393 g/mol. The van der Waals surface area contributed by atoms with Crippen LogP contribution in [0.15, 0.2) is 53.6 Å². The third kappa shape index (κ3) is 4.29. The highest BCUT2D eigenvalue weighted by atomic mass is 127. The number of anilines is 1. The molecule has 2 aromatic rings. The lowest BCUT2D eigenvalue weighted by atomic mass is 10.2. The maximum atomic E-state index is 12.0. The van der Waals surface area contributed by atoms with Crippen LogP contribution in [0.4, 0.5) is 5.69 Å². The molecule has 0 saturated heterocycles. The fourth-order valence-corrected chi connectivity index (χ4v) is 2.24. The molecule has 0 aliphatic carbocycles. The third-order valence-corrected chi connectivity index (χ3v) is 3.90. The molecule has 0 atom stereocenters. The molecular weight excluding hydrogens is 377 g/mol. The van der Waals surface area contributed by atoms with E-state index in [1.54, 1.807) is 18.3 Å². The van der Waals surface area contributed by atoms with Crippen LogP contribution in [0.25, 0.3) is 0 Å². The number of carbonyl (C=O) groups excluding carboxylic acids is 1. The van der Waals surface area contributed by atoms with Gasteiger partial charge < -0.3 is 4.90 Å². The van der Waals surface area contributed by atoms with Crippen molar-refractivity contribution in [2.75, 3.05) is 19.0 Å². The van der Waals surface area contributed by atoms with Crippen LogP contribution in [0.5, 0.6) is 0 Å². The van der Waals surface area contributed by atoms with Gasteiger partial charge in [-0.15, -0.1) is 0 Å². The van der Waals surface area contributed by atoms with Crippen LogP contribution in [0.3, 0.4) is 0 Å². The van der Waals surface area contributed by atoms with Gasteiger partial charge in [-0.3, -0.25) is 4.79 Å². The summed E-state index contributed by atoms with van der Waals surface area (Å²) < 4.78 is 1.09. The molecule has 0 heterocycles. The highest BCUT2D eigenvalue weighted by Gasteiger charge is 2.04. The van der Waals surface area contributed by atoms with Crippen molar-refractivity contribution in [3.8, 4) is 0 Å². The summed E-state index contributed by atoms with van der Waals surface area (Å²) in [5.74, 6) is -0.220. The van der Waals surface area contributed by atoms with E-state index in [4.69, 9.17) is 0 Å². The SMILES string of the molecule is CN(C)c1ccc(C(=O)NN=Cc2ccccc2I)cc1. The zero-order valence-corrected chi connectivity index (χ0v) is 14.0. The molecule has 2 aromatic carbocycles. The summed E-state index contributed by atoms with van der Waals surface area (Å²) in [6, 6.07) is 15.2. The van der Waals surface area contributed by atoms with Gasteiger partial charge in [0.25, 0.3) is 5.91 Å². The Labute approximate surface area is 138 Å². The van der Waals surface area contributed by atoms with Crippen LogP contribution in [0, 0.1) is 3.57 Å². The standard InChI is InChI=1S/C16H16IN3O/c1-20(2)14-9-7-12(8-10-14)16(21)19-18-11-13-5-3-4-6-15(13)17/h3-11H,1-2H3,(H,19,21). The first-order valence-electron chi connectivity index (χ1n) is 6.43. The second-order valence-corrected chi connectivity index (χ2v) is 5.82. The van der Waals surface area contributed by atoms with Crippen molar-refractivity contribution in [1.82, 2.24) is 5.43 Å². The fourth-order valence-electron chi connectivity index (χ4n) is 1.72. The molecule has 1 N–H and O–H groups in total. The first-order valence-corrected chi connectivity index (χ1v) is 7.51. The van der Waals surface area contributed by atoms with Crippen molar-refractivity contribution >= 4 is 40.4 Å². The van der Waals surface area contributed by atoms with Crippen LogP contribution in [0.1, 0.15) is 15.9 Å². The third-order valence-electron chi connectivity index (χ3n) is 2.92. The number of hydrogen-bond acceptors (Lipinski definition) is 3. The summed E-state index contributed by atoms with van der Waals surface area (Å²) in [6.07, 6.45) is 1.65. The number of nitrogens with one attached hydrogen (secondary N) is 1. The summed E-state index contributed by atoms with van der Waals surface area (Å²) in [7, 11) is 3.92. The zero-order chi connectivity index (χ0) is 15.2. The number of carbonyl (C=O) groups is 1. The highest BCUT2D eigenvalue weighted by Crippen LogP contribution is 2.12. The quantitative estimate of drug-likeness (QED) is 0.493. The van der Waals surface area contributed by atoms with Crippen molar-refractivity contribution in [2.45, 2.75) is 0 Å². The number of halogens is 1. The van der Waals surface area contributed by atoms with E-state index in [0.717, 1.165) is 14.8 Å². The molecule has 0 bridgehead atoms. The molecule has 0 radical (unpaired) electrons. The van der Waals surface area contributed by atoms with Crippen molar-refractivity contribution < 1.29 is 4.79 Å². The molecule has 0 aliphatic rings. The summed E-state index contributed by atoms with van der Waals surface area (Å²) in [4.78, 5) is 13.9. The van der Waals surface area contributed by atoms with E-state index in [0.29, 0.717) is 5.56 Å².